The fourth-order valence-corrected chi connectivity index (χ4v) is 4.00. The Hall–Kier alpha value is -2.32. The highest BCUT2D eigenvalue weighted by Gasteiger charge is 2.17. The van der Waals surface area contributed by atoms with Gasteiger partial charge in [0.1, 0.15) is 10.1 Å². The van der Waals surface area contributed by atoms with Crippen LogP contribution in [-0.2, 0) is 10.5 Å². The molecule has 0 fully saturated rings. The van der Waals surface area contributed by atoms with E-state index < -0.39 is 4.92 Å². The molecule has 1 aliphatic rings. The van der Waals surface area contributed by atoms with Crippen LogP contribution in [0.4, 0.5) is 17.1 Å². The maximum absolute atomic E-state index is 12.1. The van der Waals surface area contributed by atoms with Gasteiger partial charge in [0, 0.05) is 11.8 Å². The molecule has 24 heavy (non-hydrogen) atoms. The van der Waals surface area contributed by atoms with E-state index in [0.29, 0.717) is 0 Å². The molecule has 1 amide bonds. The van der Waals surface area contributed by atoms with E-state index in [1.807, 2.05) is 24.3 Å². The average molecular weight is 359 g/mol. The standard InChI is InChI=1S/C16H13N3O3S2/c20-15(17-13-7-3-4-8-14(13)19(21)22)10-24-16-18-12-6-2-1-5-11(12)9-23-16/h1-8H,9-10H2,(H,17,20). The highest BCUT2D eigenvalue weighted by Crippen LogP contribution is 2.34. The number of aliphatic imine (C=N–C) groups is 1. The maximum atomic E-state index is 12.1. The smallest absolute Gasteiger partial charge is 0.292 e. The Balaban J connectivity index is 1.61. The lowest BCUT2D eigenvalue weighted by Crippen LogP contribution is -2.16. The van der Waals surface area contributed by atoms with Crippen molar-refractivity contribution in [3.8, 4) is 0 Å². The third kappa shape index (κ3) is 3.95. The predicted octanol–water partition coefficient (Wildman–Crippen LogP) is 4.20. The molecule has 6 nitrogen and oxygen atoms in total. The summed E-state index contributed by atoms with van der Waals surface area (Å²) < 4.78 is 0.825. The van der Waals surface area contributed by atoms with Crippen LogP contribution in [0.1, 0.15) is 5.56 Å². The monoisotopic (exact) mass is 359 g/mol. The number of thioether (sulfide) groups is 2. The number of hydrogen-bond donors (Lipinski definition) is 1. The molecule has 3 rings (SSSR count). The number of nitro benzene ring substituents is 1. The lowest BCUT2D eigenvalue weighted by Gasteiger charge is -2.14. The summed E-state index contributed by atoms with van der Waals surface area (Å²) in [7, 11) is 0. The molecule has 8 heteroatoms. The number of fused-ring (bicyclic) bond motifs is 1. The van der Waals surface area contributed by atoms with Crippen LogP contribution in [0.3, 0.4) is 0 Å². The third-order valence-corrected chi connectivity index (χ3v) is 5.50. The largest absolute Gasteiger partial charge is 0.320 e. The molecule has 1 N–H and O–H groups in total. The summed E-state index contributed by atoms with van der Waals surface area (Å²) in [5, 5.41) is 13.5. The molecule has 1 aliphatic heterocycles. The number of carbonyl (C=O) groups excluding carboxylic acids is 1. The summed E-state index contributed by atoms with van der Waals surface area (Å²) in [6.07, 6.45) is 0. The van der Waals surface area contributed by atoms with Gasteiger partial charge in [-0.3, -0.25) is 14.9 Å². The van der Waals surface area contributed by atoms with Gasteiger partial charge >= 0.3 is 0 Å². The SMILES string of the molecule is O=C(CSC1=Nc2ccccc2CS1)Nc1ccccc1[N+](=O)[O-]. The van der Waals surface area contributed by atoms with E-state index in [4.69, 9.17) is 0 Å². The highest BCUT2D eigenvalue weighted by atomic mass is 32.2. The van der Waals surface area contributed by atoms with Crippen molar-refractivity contribution in [2.45, 2.75) is 5.75 Å². The van der Waals surface area contributed by atoms with Crippen molar-refractivity contribution in [3.05, 3.63) is 64.2 Å². The zero-order chi connectivity index (χ0) is 16.9. The van der Waals surface area contributed by atoms with Crippen molar-refractivity contribution >= 4 is 50.9 Å². The van der Waals surface area contributed by atoms with Gasteiger partial charge in [0.2, 0.25) is 5.91 Å². The molecule has 0 spiro atoms. The van der Waals surface area contributed by atoms with Crippen LogP contribution < -0.4 is 5.32 Å². The Morgan fingerprint density at radius 1 is 1.25 bits per heavy atom. The van der Waals surface area contributed by atoms with Crippen LogP contribution in [0, 0.1) is 10.1 Å². The van der Waals surface area contributed by atoms with Crippen LogP contribution in [0.5, 0.6) is 0 Å². The van der Waals surface area contributed by atoms with E-state index >= 15 is 0 Å². The lowest BCUT2D eigenvalue weighted by atomic mass is 10.2. The molecule has 0 aromatic heterocycles. The number of rotatable bonds is 4. The number of benzene rings is 2. The Morgan fingerprint density at radius 2 is 2.00 bits per heavy atom. The van der Waals surface area contributed by atoms with Crippen molar-refractivity contribution in [1.82, 2.24) is 0 Å². The summed E-state index contributed by atoms with van der Waals surface area (Å²) >= 11 is 2.92. The molecule has 0 radical (unpaired) electrons. The van der Waals surface area contributed by atoms with Crippen molar-refractivity contribution < 1.29 is 9.72 Å². The fourth-order valence-electron chi connectivity index (χ4n) is 2.14. The molecule has 1 heterocycles. The van der Waals surface area contributed by atoms with E-state index in [1.165, 1.54) is 29.5 Å². The van der Waals surface area contributed by atoms with Crippen LogP contribution in [0.2, 0.25) is 0 Å². The van der Waals surface area contributed by atoms with Crippen LogP contribution >= 0.6 is 23.5 Å². The highest BCUT2D eigenvalue weighted by molar-refractivity contribution is 8.38. The quantitative estimate of drug-likeness (QED) is 0.653. The van der Waals surface area contributed by atoms with Gasteiger partial charge in [0.15, 0.2) is 0 Å². The van der Waals surface area contributed by atoms with Gasteiger partial charge in [-0.2, -0.15) is 0 Å². The van der Waals surface area contributed by atoms with Crippen molar-refractivity contribution in [2.24, 2.45) is 4.99 Å². The molecular formula is C16H13N3O3S2. The molecule has 0 saturated carbocycles. The van der Waals surface area contributed by atoms with Gasteiger partial charge < -0.3 is 5.32 Å². The molecule has 2 aromatic rings. The van der Waals surface area contributed by atoms with E-state index in [9.17, 15) is 14.9 Å². The minimum absolute atomic E-state index is 0.117. The zero-order valence-electron chi connectivity index (χ0n) is 12.5. The van der Waals surface area contributed by atoms with E-state index in [-0.39, 0.29) is 23.0 Å². The summed E-state index contributed by atoms with van der Waals surface area (Å²) in [6, 6.07) is 14.0. The molecule has 0 aliphatic carbocycles. The zero-order valence-corrected chi connectivity index (χ0v) is 14.1. The third-order valence-electron chi connectivity index (χ3n) is 3.26. The number of para-hydroxylation sites is 3. The number of nitrogens with zero attached hydrogens (tertiary/aromatic N) is 2. The van der Waals surface area contributed by atoms with Gasteiger partial charge in [-0.25, -0.2) is 4.99 Å². The number of hydrogen-bond acceptors (Lipinski definition) is 6. The Morgan fingerprint density at radius 3 is 2.83 bits per heavy atom. The molecule has 0 saturated heterocycles. The second kappa shape index (κ2) is 7.50. The van der Waals surface area contributed by atoms with E-state index in [2.05, 4.69) is 10.3 Å². The number of anilines is 1. The first-order valence-corrected chi connectivity index (χ1v) is 9.06. The second-order valence-corrected chi connectivity index (χ2v) is 7.09. The summed E-state index contributed by atoms with van der Waals surface area (Å²) in [6.45, 7) is 0. The molecule has 2 aromatic carbocycles. The number of carbonyl (C=O) groups is 1. The van der Waals surface area contributed by atoms with Crippen LogP contribution in [-0.4, -0.2) is 21.0 Å². The minimum atomic E-state index is -0.513. The summed E-state index contributed by atoms with van der Waals surface area (Å²) in [5.41, 5.74) is 2.19. The lowest BCUT2D eigenvalue weighted by molar-refractivity contribution is -0.383. The first-order chi connectivity index (χ1) is 11.6. The Bertz CT molecular complexity index is 824. The first-order valence-electron chi connectivity index (χ1n) is 7.09. The van der Waals surface area contributed by atoms with Gasteiger partial charge in [0.25, 0.3) is 5.69 Å². The summed E-state index contributed by atoms with van der Waals surface area (Å²) in [5.74, 6) is 0.685. The normalized spacial score (nSPS) is 12.9. The Labute approximate surface area is 146 Å². The van der Waals surface area contributed by atoms with Crippen molar-refractivity contribution in [1.29, 1.82) is 0 Å². The predicted molar refractivity (Wildman–Crippen MR) is 99.0 cm³/mol. The van der Waals surface area contributed by atoms with E-state index in [1.54, 1.807) is 23.9 Å². The van der Waals surface area contributed by atoms with Gasteiger partial charge in [0.05, 0.1) is 16.4 Å². The minimum Gasteiger partial charge on any atom is -0.320 e. The van der Waals surface area contributed by atoms with Gasteiger partial charge in [-0.05, 0) is 17.7 Å². The average Bonchev–Trinajstić information content (AvgIpc) is 2.60. The molecule has 0 atom stereocenters. The van der Waals surface area contributed by atoms with Crippen molar-refractivity contribution in [3.63, 3.8) is 0 Å². The van der Waals surface area contributed by atoms with Crippen LogP contribution in [0.15, 0.2) is 53.5 Å². The Kier molecular flexibility index (Phi) is 5.17. The van der Waals surface area contributed by atoms with Crippen molar-refractivity contribution in [2.75, 3.05) is 11.1 Å². The molecular weight excluding hydrogens is 346 g/mol. The topological polar surface area (TPSA) is 84.6 Å². The molecule has 0 bridgehead atoms. The first kappa shape index (κ1) is 16.5. The number of nitro groups is 1. The van der Waals surface area contributed by atoms with E-state index in [0.717, 1.165) is 15.8 Å². The second-order valence-electron chi connectivity index (χ2n) is 4.91. The number of nitrogens with one attached hydrogen (secondary N) is 1. The van der Waals surface area contributed by atoms with Gasteiger partial charge in [-0.15, -0.1) is 0 Å². The number of amides is 1. The molecule has 0 unspecified atom stereocenters. The van der Waals surface area contributed by atoms with Crippen LogP contribution in [0.25, 0.3) is 0 Å². The maximum Gasteiger partial charge on any atom is 0.292 e. The van der Waals surface area contributed by atoms with Gasteiger partial charge in [-0.1, -0.05) is 53.9 Å². The molecule has 122 valence electrons. The fraction of sp³-hybridized carbons (Fsp3) is 0.125. The summed E-state index contributed by atoms with van der Waals surface area (Å²) in [4.78, 5) is 27.0.